The van der Waals surface area contributed by atoms with Crippen molar-refractivity contribution in [2.75, 3.05) is 11.5 Å². The molecule has 4 nitrogen and oxygen atoms in total. The standard InChI is InChI=1S/C27H22N2O2S2/c30-26-25(33-27(32)29(26)21-10-3-1-4-11-21)18-20-19-28(24-15-8-7-14-23(20)24)16-9-17-31-22-12-5-2-6-13-22/h1-8,10-15,18-19H,9,16-17H2/b25-18-. The topological polar surface area (TPSA) is 34.5 Å². The van der Waals surface area contributed by atoms with Gasteiger partial charge in [-0.05, 0) is 42.8 Å². The van der Waals surface area contributed by atoms with Crippen molar-refractivity contribution < 1.29 is 9.53 Å². The fourth-order valence-corrected chi connectivity index (χ4v) is 5.22. The highest BCUT2D eigenvalue weighted by molar-refractivity contribution is 8.27. The minimum Gasteiger partial charge on any atom is -0.494 e. The number of carbonyl (C=O) groups is 1. The molecule has 5 rings (SSSR count). The Morgan fingerprint density at radius 3 is 2.39 bits per heavy atom. The Kier molecular flexibility index (Phi) is 6.28. The Morgan fingerprint density at radius 1 is 0.909 bits per heavy atom. The Hall–Kier alpha value is -3.35. The van der Waals surface area contributed by atoms with Crippen LogP contribution in [0, 0.1) is 0 Å². The molecule has 1 aliphatic rings. The van der Waals surface area contributed by atoms with Crippen molar-refractivity contribution in [1.82, 2.24) is 4.57 Å². The number of fused-ring (bicyclic) bond motifs is 1. The summed E-state index contributed by atoms with van der Waals surface area (Å²) in [4.78, 5) is 15.4. The first kappa shape index (κ1) is 21.5. The lowest BCUT2D eigenvalue weighted by Gasteiger charge is -2.13. The van der Waals surface area contributed by atoms with Gasteiger partial charge >= 0.3 is 0 Å². The number of thiocarbonyl (C=S) groups is 1. The summed E-state index contributed by atoms with van der Waals surface area (Å²) < 4.78 is 8.63. The van der Waals surface area contributed by atoms with Gasteiger partial charge in [0, 0.05) is 29.2 Å². The molecule has 0 atom stereocenters. The number of aromatic nitrogens is 1. The zero-order valence-electron chi connectivity index (χ0n) is 17.9. The van der Waals surface area contributed by atoms with E-state index in [4.69, 9.17) is 17.0 Å². The molecule has 33 heavy (non-hydrogen) atoms. The second-order valence-electron chi connectivity index (χ2n) is 7.66. The molecule has 0 bridgehead atoms. The summed E-state index contributed by atoms with van der Waals surface area (Å²) in [5.74, 6) is 0.806. The van der Waals surface area contributed by atoms with Gasteiger partial charge in [-0.15, -0.1) is 0 Å². The molecule has 0 unspecified atom stereocenters. The van der Waals surface area contributed by atoms with E-state index in [9.17, 15) is 4.79 Å². The summed E-state index contributed by atoms with van der Waals surface area (Å²) in [5.41, 5.74) is 2.95. The van der Waals surface area contributed by atoms with Crippen molar-refractivity contribution in [3.63, 3.8) is 0 Å². The van der Waals surface area contributed by atoms with Crippen LogP contribution >= 0.6 is 24.0 Å². The first-order chi connectivity index (χ1) is 16.2. The molecule has 1 aliphatic heterocycles. The lowest BCUT2D eigenvalue weighted by molar-refractivity contribution is -0.113. The Morgan fingerprint density at radius 2 is 1.61 bits per heavy atom. The molecule has 0 spiro atoms. The lowest BCUT2D eigenvalue weighted by Crippen LogP contribution is -2.27. The van der Waals surface area contributed by atoms with E-state index in [2.05, 4.69) is 22.9 Å². The summed E-state index contributed by atoms with van der Waals surface area (Å²) in [6, 6.07) is 27.7. The normalized spacial score (nSPS) is 15.0. The van der Waals surface area contributed by atoms with Crippen LogP contribution in [0.4, 0.5) is 5.69 Å². The number of nitrogens with zero attached hydrogens (tertiary/aromatic N) is 2. The molecule has 0 saturated carbocycles. The number of aryl methyl sites for hydroxylation is 1. The smallest absolute Gasteiger partial charge is 0.270 e. The Labute approximate surface area is 202 Å². The Balaban J connectivity index is 1.36. The number of thioether (sulfide) groups is 1. The fourth-order valence-electron chi connectivity index (χ4n) is 3.93. The summed E-state index contributed by atoms with van der Waals surface area (Å²) in [6.45, 7) is 1.47. The van der Waals surface area contributed by atoms with Crippen molar-refractivity contribution >= 4 is 56.9 Å². The maximum atomic E-state index is 13.1. The summed E-state index contributed by atoms with van der Waals surface area (Å²) in [7, 11) is 0. The lowest BCUT2D eigenvalue weighted by atomic mass is 10.1. The van der Waals surface area contributed by atoms with Crippen LogP contribution in [-0.2, 0) is 11.3 Å². The van der Waals surface area contributed by atoms with Crippen molar-refractivity contribution in [3.05, 3.63) is 102 Å². The van der Waals surface area contributed by atoms with Crippen LogP contribution < -0.4 is 9.64 Å². The van der Waals surface area contributed by atoms with Gasteiger partial charge in [0.05, 0.1) is 17.2 Å². The van der Waals surface area contributed by atoms with Gasteiger partial charge in [0.15, 0.2) is 4.32 Å². The van der Waals surface area contributed by atoms with E-state index < -0.39 is 0 Å². The van der Waals surface area contributed by atoms with Crippen LogP contribution in [0.1, 0.15) is 12.0 Å². The fraction of sp³-hybridized carbons (Fsp3) is 0.111. The largest absolute Gasteiger partial charge is 0.494 e. The molecule has 1 aromatic heterocycles. The molecule has 0 N–H and O–H groups in total. The third-order valence-electron chi connectivity index (χ3n) is 5.47. The van der Waals surface area contributed by atoms with E-state index in [0.717, 1.165) is 40.9 Å². The number of carbonyl (C=O) groups excluding carboxylic acids is 1. The van der Waals surface area contributed by atoms with Gasteiger partial charge in [-0.3, -0.25) is 9.69 Å². The summed E-state index contributed by atoms with van der Waals surface area (Å²) in [5, 5.41) is 1.12. The van der Waals surface area contributed by atoms with E-state index in [-0.39, 0.29) is 5.91 Å². The van der Waals surface area contributed by atoms with Crippen LogP contribution in [0.3, 0.4) is 0 Å². The number of benzene rings is 3. The van der Waals surface area contributed by atoms with Crippen LogP contribution in [0.5, 0.6) is 5.75 Å². The molecule has 3 aromatic carbocycles. The Bertz CT molecular complexity index is 1330. The van der Waals surface area contributed by atoms with Crippen LogP contribution in [-0.4, -0.2) is 21.4 Å². The van der Waals surface area contributed by atoms with Gasteiger partial charge in [0.2, 0.25) is 0 Å². The molecule has 0 radical (unpaired) electrons. The van der Waals surface area contributed by atoms with E-state index in [0.29, 0.717) is 15.8 Å². The highest BCUT2D eigenvalue weighted by atomic mass is 32.2. The van der Waals surface area contributed by atoms with Crippen molar-refractivity contribution in [2.45, 2.75) is 13.0 Å². The monoisotopic (exact) mass is 470 g/mol. The van der Waals surface area contributed by atoms with E-state index >= 15 is 0 Å². The first-order valence-corrected chi connectivity index (χ1v) is 12.0. The molecular formula is C27H22N2O2S2. The van der Waals surface area contributed by atoms with E-state index in [1.165, 1.54) is 11.8 Å². The van der Waals surface area contributed by atoms with Crippen molar-refractivity contribution in [3.8, 4) is 5.75 Å². The zero-order chi connectivity index (χ0) is 22.6. The minimum absolute atomic E-state index is 0.0794. The number of rotatable bonds is 7. The zero-order valence-corrected chi connectivity index (χ0v) is 19.5. The summed E-state index contributed by atoms with van der Waals surface area (Å²) >= 11 is 6.86. The van der Waals surface area contributed by atoms with Gasteiger partial charge < -0.3 is 9.30 Å². The molecule has 1 saturated heterocycles. The van der Waals surface area contributed by atoms with Crippen LogP contribution in [0.25, 0.3) is 17.0 Å². The minimum atomic E-state index is -0.0794. The molecule has 4 aromatic rings. The maximum Gasteiger partial charge on any atom is 0.270 e. The van der Waals surface area contributed by atoms with Crippen molar-refractivity contribution in [2.24, 2.45) is 0 Å². The number of anilines is 1. The van der Waals surface area contributed by atoms with Gasteiger partial charge in [-0.1, -0.05) is 78.6 Å². The third-order valence-corrected chi connectivity index (χ3v) is 6.77. The van der Waals surface area contributed by atoms with E-state index in [1.54, 1.807) is 4.90 Å². The molecule has 1 fully saturated rings. The van der Waals surface area contributed by atoms with Gasteiger partial charge in [0.1, 0.15) is 5.75 Å². The highest BCUT2D eigenvalue weighted by Gasteiger charge is 2.33. The molecule has 1 amide bonds. The maximum absolute atomic E-state index is 13.1. The number of amides is 1. The quantitative estimate of drug-likeness (QED) is 0.175. The highest BCUT2D eigenvalue weighted by Crippen LogP contribution is 2.37. The first-order valence-electron chi connectivity index (χ1n) is 10.8. The molecule has 164 valence electrons. The number of para-hydroxylation sites is 3. The predicted molar refractivity (Wildman–Crippen MR) is 141 cm³/mol. The van der Waals surface area contributed by atoms with Crippen LogP contribution in [0.15, 0.2) is 96.0 Å². The molecule has 6 heteroatoms. The molecule has 0 aliphatic carbocycles. The van der Waals surface area contributed by atoms with Gasteiger partial charge in [-0.2, -0.15) is 0 Å². The number of hydrogen-bond acceptors (Lipinski definition) is 4. The SMILES string of the molecule is O=C1/C(=C/c2cn(CCCOc3ccccc3)c3ccccc23)SC(=S)N1c1ccccc1. The second kappa shape index (κ2) is 9.65. The summed E-state index contributed by atoms with van der Waals surface area (Å²) in [6.07, 6.45) is 4.95. The third kappa shape index (κ3) is 4.58. The predicted octanol–water partition coefficient (Wildman–Crippen LogP) is 6.52. The number of ether oxygens (including phenoxy) is 1. The van der Waals surface area contributed by atoms with Gasteiger partial charge in [-0.25, -0.2) is 0 Å². The van der Waals surface area contributed by atoms with Crippen molar-refractivity contribution in [1.29, 1.82) is 0 Å². The average molecular weight is 471 g/mol. The van der Waals surface area contributed by atoms with Crippen LogP contribution in [0.2, 0.25) is 0 Å². The average Bonchev–Trinajstić information content (AvgIpc) is 3.34. The van der Waals surface area contributed by atoms with E-state index in [1.807, 2.05) is 78.9 Å². The van der Waals surface area contributed by atoms with Gasteiger partial charge in [0.25, 0.3) is 5.91 Å². The second-order valence-corrected chi connectivity index (χ2v) is 9.34. The molecular weight excluding hydrogens is 448 g/mol. The number of hydrogen-bond donors (Lipinski definition) is 0. The molecule has 2 heterocycles.